The van der Waals surface area contributed by atoms with Crippen molar-refractivity contribution >= 4 is 11.3 Å². The SMILES string of the molecule is c1ccc(C2(CCNCc3sccc3OCC3CC3)CCOC3(CCCC3)C2)nc1. The van der Waals surface area contributed by atoms with Crippen molar-refractivity contribution in [2.75, 3.05) is 19.8 Å². The minimum Gasteiger partial charge on any atom is -0.492 e. The van der Waals surface area contributed by atoms with Crippen LogP contribution in [-0.2, 0) is 16.7 Å². The van der Waals surface area contributed by atoms with E-state index in [0.29, 0.717) is 0 Å². The second kappa shape index (κ2) is 8.97. The summed E-state index contributed by atoms with van der Waals surface area (Å²) in [6, 6.07) is 8.53. The lowest BCUT2D eigenvalue weighted by atomic mass is 9.68. The Labute approximate surface area is 184 Å². The number of hydrogen-bond acceptors (Lipinski definition) is 5. The Hall–Kier alpha value is -1.43. The molecule has 3 aliphatic rings. The van der Waals surface area contributed by atoms with Crippen LogP contribution in [0.1, 0.15) is 68.4 Å². The van der Waals surface area contributed by atoms with E-state index in [2.05, 4.69) is 28.9 Å². The third-order valence-corrected chi connectivity index (χ3v) is 8.22. The van der Waals surface area contributed by atoms with Crippen LogP contribution in [0.25, 0.3) is 0 Å². The molecule has 0 amide bonds. The quantitative estimate of drug-likeness (QED) is 0.540. The first-order valence-electron chi connectivity index (χ1n) is 11.7. The number of pyridine rings is 1. The van der Waals surface area contributed by atoms with Crippen molar-refractivity contribution in [3.05, 3.63) is 46.4 Å². The monoisotopic (exact) mass is 426 g/mol. The highest BCUT2D eigenvalue weighted by atomic mass is 32.1. The van der Waals surface area contributed by atoms with Gasteiger partial charge in [-0.1, -0.05) is 18.9 Å². The molecule has 1 aliphatic heterocycles. The summed E-state index contributed by atoms with van der Waals surface area (Å²) in [7, 11) is 0. The van der Waals surface area contributed by atoms with E-state index in [1.165, 1.54) is 49.1 Å². The molecule has 2 saturated carbocycles. The van der Waals surface area contributed by atoms with Crippen LogP contribution in [-0.4, -0.2) is 30.3 Å². The van der Waals surface area contributed by atoms with Crippen molar-refractivity contribution in [3.63, 3.8) is 0 Å². The highest BCUT2D eigenvalue weighted by Gasteiger charge is 2.48. The first-order valence-corrected chi connectivity index (χ1v) is 12.6. The largest absolute Gasteiger partial charge is 0.492 e. The summed E-state index contributed by atoms with van der Waals surface area (Å²) in [6.07, 6.45) is 13.0. The number of hydrogen-bond donors (Lipinski definition) is 1. The van der Waals surface area contributed by atoms with Crippen LogP contribution in [0.5, 0.6) is 5.75 Å². The summed E-state index contributed by atoms with van der Waals surface area (Å²) in [5, 5.41) is 5.86. The van der Waals surface area contributed by atoms with Gasteiger partial charge in [0.25, 0.3) is 0 Å². The van der Waals surface area contributed by atoms with E-state index < -0.39 is 0 Å². The van der Waals surface area contributed by atoms with Crippen molar-refractivity contribution < 1.29 is 9.47 Å². The lowest BCUT2D eigenvalue weighted by Gasteiger charge is -2.46. The van der Waals surface area contributed by atoms with Gasteiger partial charge < -0.3 is 14.8 Å². The molecule has 162 valence electrons. The lowest BCUT2D eigenvalue weighted by Crippen LogP contribution is -2.47. The van der Waals surface area contributed by atoms with Crippen LogP contribution in [0.3, 0.4) is 0 Å². The zero-order chi connectivity index (χ0) is 20.3. The number of thiophene rings is 1. The van der Waals surface area contributed by atoms with Crippen LogP contribution in [0.4, 0.5) is 0 Å². The van der Waals surface area contributed by atoms with Crippen molar-refractivity contribution in [2.24, 2.45) is 5.92 Å². The van der Waals surface area contributed by atoms with Crippen LogP contribution < -0.4 is 10.1 Å². The number of aromatic nitrogens is 1. The molecule has 1 saturated heterocycles. The van der Waals surface area contributed by atoms with Gasteiger partial charge in [-0.3, -0.25) is 4.98 Å². The summed E-state index contributed by atoms with van der Waals surface area (Å²) in [5.41, 5.74) is 1.47. The molecule has 0 aromatic carbocycles. The number of nitrogens with one attached hydrogen (secondary N) is 1. The van der Waals surface area contributed by atoms with Crippen LogP contribution in [0.2, 0.25) is 0 Å². The second-order valence-electron chi connectivity index (χ2n) is 9.55. The van der Waals surface area contributed by atoms with Gasteiger partial charge in [-0.25, -0.2) is 0 Å². The molecule has 1 spiro atoms. The summed E-state index contributed by atoms with van der Waals surface area (Å²) in [6.45, 7) is 3.62. The van der Waals surface area contributed by atoms with Gasteiger partial charge in [0.2, 0.25) is 0 Å². The van der Waals surface area contributed by atoms with E-state index in [1.807, 2.05) is 12.3 Å². The standard InChI is InChI=1S/C25H34N2O2S/c1-4-13-27-23(5-1)24(12-15-29-25(19-24)9-2-3-10-25)11-14-26-17-22-21(8-16-30-22)28-18-20-6-7-20/h1,4-5,8,13,16,20,26H,2-3,6-7,9-12,14-15,17-19H2. The molecule has 0 radical (unpaired) electrons. The van der Waals surface area contributed by atoms with Crippen LogP contribution in [0.15, 0.2) is 35.8 Å². The fourth-order valence-corrected chi connectivity index (χ4v) is 6.19. The fraction of sp³-hybridized carbons (Fsp3) is 0.640. The maximum Gasteiger partial charge on any atom is 0.134 e. The molecular weight excluding hydrogens is 392 g/mol. The minimum atomic E-state index is 0.0906. The Balaban J connectivity index is 1.22. The van der Waals surface area contributed by atoms with E-state index in [9.17, 15) is 0 Å². The maximum atomic E-state index is 6.37. The first-order chi connectivity index (χ1) is 14.8. The van der Waals surface area contributed by atoms with E-state index >= 15 is 0 Å². The maximum absolute atomic E-state index is 6.37. The Morgan fingerprint density at radius 1 is 1.17 bits per heavy atom. The van der Waals surface area contributed by atoms with Crippen molar-refractivity contribution in [3.8, 4) is 5.75 Å². The van der Waals surface area contributed by atoms with E-state index in [1.54, 1.807) is 11.3 Å². The molecule has 1 N–H and O–H groups in total. The Morgan fingerprint density at radius 2 is 2.07 bits per heavy atom. The average molecular weight is 427 g/mol. The number of nitrogens with zero attached hydrogens (tertiary/aromatic N) is 1. The molecule has 5 rings (SSSR count). The molecule has 2 aromatic rings. The van der Waals surface area contributed by atoms with Gasteiger partial charge in [-0.2, -0.15) is 0 Å². The number of ether oxygens (including phenoxy) is 2. The number of rotatable bonds is 9. The van der Waals surface area contributed by atoms with Crippen LogP contribution >= 0.6 is 11.3 Å². The van der Waals surface area contributed by atoms with Gasteiger partial charge in [0.05, 0.1) is 17.1 Å². The highest BCUT2D eigenvalue weighted by molar-refractivity contribution is 7.10. The molecule has 3 heterocycles. The normalized spacial score (nSPS) is 25.6. The predicted octanol–water partition coefficient (Wildman–Crippen LogP) is 5.47. The zero-order valence-electron chi connectivity index (χ0n) is 17.9. The molecule has 4 nitrogen and oxygen atoms in total. The molecule has 3 fully saturated rings. The van der Waals surface area contributed by atoms with E-state index in [0.717, 1.165) is 57.2 Å². The Bertz CT molecular complexity index is 814. The second-order valence-corrected chi connectivity index (χ2v) is 10.6. The summed E-state index contributed by atoms with van der Waals surface area (Å²) in [4.78, 5) is 6.14. The summed E-state index contributed by atoms with van der Waals surface area (Å²) >= 11 is 1.80. The van der Waals surface area contributed by atoms with Gasteiger partial charge in [0, 0.05) is 30.5 Å². The lowest BCUT2D eigenvalue weighted by molar-refractivity contribution is -0.104. The molecule has 1 unspecified atom stereocenters. The van der Waals surface area contributed by atoms with E-state index in [-0.39, 0.29) is 11.0 Å². The molecule has 5 heteroatoms. The Morgan fingerprint density at radius 3 is 2.87 bits per heavy atom. The average Bonchev–Trinajstić information content (AvgIpc) is 3.34. The predicted molar refractivity (Wildman–Crippen MR) is 121 cm³/mol. The molecule has 2 aromatic heterocycles. The third kappa shape index (κ3) is 4.58. The summed E-state index contributed by atoms with van der Waals surface area (Å²) < 4.78 is 12.4. The molecule has 30 heavy (non-hydrogen) atoms. The molecule has 2 aliphatic carbocycles. The summed E-state index contributed by atoms with van der Waals surface area (Å²) in [5.74, 6) is 1.87. The van der Waals surface area contributed by atoms with Gasteiger partial charge >= 0.3 is 0 Å². The molecule has 1 atom stereocenters. The van der Waals surface area contributed by atoms with Crippen molar-refractivity contribution in [1.82, 2.24) is 10.3 Å². The van der Waals surface area contributed by atoms with Gasteiger partial charge in [-0.05, 0) is 81.0 Å². The highest BCUT2D eigenvalue weighted by Crippen LogP contribution is 2.49. The fourth-order valence-electron chi connectivity index (χ4n) is 5.40. The Kier molecular flexibility index (Phi) is 6.12. The molecular formula is C25H34N2O2S. The first kappa shape index (κ1) is 20.5. The van der Waals surface area contributed by atoms with Gasteiger partial charge in [0.1, 0.15) is 5.75 Å². The van der Waals surface area contributed by atoms with Crippen LogP contribution in [0, 0.1) is 5.92 Å². The topological polar surface area (TPSA) is 43.4 Å². The molecule has 0 bridgehead atoms. The van der Waals surface area contributed by atoms with Gasteiger partial charge in [0.15, 0.2) is 0 Å². The zero-order valence-corrected chi connectivity index (χ0v) is 18.7. The minimum absolute atomic E-state index is 0.0906. The smallest absolute Gasteiger partial charge is 0.134 e. The third-order valence-electron chi connectivity index (χ3n) is 7.31. The van der Waals surface area contributed by atoms with Crippen molar-refractivity contribution in [1.29, 1.82) is 0 Å². The van der Waals surface area contributed by atoms with E-state index in [4.69, 9.17) is 14.5 Å². The van der Waals surface area contributed by atoms with Gasteiger partial charge in [-0.15, -0.1) is 11.3 Å². The van der Waals surface area contributed by atoms with Crippen molar-refractivity contribution in [2.45, 2.75) is 75.3 Å².